The van der Waals surface area contributed by atoms with E-state index >= 15 is 0 Å². The van der Waals surface area contributed by atoms with Gasteiger partial charge in [-0.25, -0.2) is 0 Å². The predicted molar refractivity (Wildman–Crippen MR) is 58.9 cm³/mol. The Balaban J connectivity index is 1.80. The van der Waals surface area contributed by atoms with Gasteiger partial charge in [-0.15, -0.1) is 0 Å². The largest absolute Gasteiger partial charge is 0.395 e. The van der Waals surface area contributed by atoms with Gasteiger partial charge >= 0.3 is 0 Å². The second kappa shape index (κ2) is 5.25. The first kappa shape index (κ1) is 11.3. The molecule has 0 aromatic rings. The van der Waals surface area contributed by atoms with Crippen molar-refractivity contribution >= 4 is 0 Å². The molecule has 2 aliphatic rings. The van der Waals surface area contributed by atoms with Crippen LogP contribution in [0.2, 0.25) is 0 Å². The van der Waals surface area contributed by atoms with Gasteiger partial charge in [-0.3, -0.25) is 4.90 Å². The van der Waals surface area contributed by atoms with E-state index in [4.69, 9.17) is 4.74 Å². The number of aliphatic hydroxyl groups is 1. The van der Waals surface area contributed by atoms with Crippen LogP contribution in [0.1, 0.15) is 12.8 Å². The van der Waals surface area contributed by atoms with Crippen LogP contribution in [0.5, 0.6) is 0 Å². The van der Waals surface area contributed by atoms with Crippen LogP contribution in [0.4, 0.5) is 0 Å². The Hall–Kier alpha value is -0.160. The Bertz CT molecular complexity index is 201. The Kier molecular flexibility index (Phi) is 3.97. The van der Waals surface area contributed by atoms with Crippen molar-refractivity contribution in [3.8, 4) is 0 Å². The number of rotatable bonds is 3. The van der Waals surface area contributed by atoms with Crippen molar-refractivity contribution in [2.75, 3.05) is 46.4 Å². The first-order chi connectivity index (χ1) is 7.29. The Morgan fingerprint density at radius 3 is 3.00 bits per heavy atom. The number of nitrogens with zero attached hydrogens (tertiary/aromatic N) is 2. The highest BCUT2D eigenvalue weighted by Gasteiger charge is 2.28. The predicted octanol–water partition coefficient (Wildman–Crippen LogP) is -0.226. The van der Waals surface area contributed by atoms with Crippen molar-refractivity contribution in [2.45, 2.75) is 25.0 Å². The van der Waals surface area contributed by atoms with Crippen LogP contribution < -0.4 is 0 Å². The second-order valence-corrected chi connectivity index (χ2v) is 4.73. The SMILES string of the molecule is CN1CCOC(CN2CCC[C@H]2CO)C1. The van der Waals surface area contributed by atoms with Crippen LogP contribution in [0.25, 0.3) is 0 Å². The third-order valence-corrected chi connectivity index (χ3v) is 3.49. The normalized spacial score (nSPS) is 34.8. The summed E-state index contributed by atoms with van der Waals surface area (Å²) in [5.74, 6) is 0. The topological polar surface area (TPSA) is 35.9 Å². The van der Waals surface area contributed by atoms with Crippen molar-refractivity contribution < 1.29 is 9.84 Å². The summed E-state index contributed by atoms with van der Waals surface area (Å²) in [6.07, 6.45) is 2.68. The number of ether oxygens (including phenoxy) is 1. The van der Waals surface area contributed by atoms with Gasteiger partial charge in [0, 0.05) is 25.7 Å². The molecule has 2 fully saturated rings. The molecule has 15 heavy (non-hydrogen) atoms. The molecular formula is C11H22N2O2. The van der Waals surface area contributed by atoms with Crippen LogP contribution in [0.15, 0.2) is 0 Å². The fourth-order valence-electron chi connectivity index (χ4n) is 2.58. The molecule has 2 aliphatic heterocycles. The average molecular weight is 214 g/mol. The molecule has 0 spiro atoms. The maximum Gasteiger partial charge on any atom is 0.0829 e. The lowest BCUT2D eigenvalue weighted by Gasteiger charge is -2.34. The highest BCUT2D eigenvalue weighted by molar-refractivity contribution is 4.82. The molecule has 0 saturated carbocycles. The van der Waals surface area contributed by atoms with E-state index in [0.717, 1.165) is 39.2 Å². The third-order valence-electron chi connectivity index (χ3n) is 3.49. The lowest BCUT2D eigenvalue weighted by molar-refractivity contribution is -0.0395. The molecule has 0 aromatic carbocycles. The highest BCUT2D eigenvalue weighted by atomic mass is 16.5. The molecule has 88 valence electrons. The molecule has 2 rings (SSSR count). The first-order valence-corrected chi connectivity index (χ1v) is 5.94. The van der Waals surface area contributed by atoms with Gasteiger partial charge in [0.15, 0.2) is 0 Å². The molecule has 2 atom stereocenters. The second-order valence-electron chi connectivity index (χ2n) is 4.73. The van der Waals surface area contributed by atoms with Gasteiger partial charge in [-0.05, 0) is 26.4 Å². The Morgan fingerprint density at radius 1 is 1.40 bits per heavy atom. The molecule has 4 nitrogen and oxygen atoms in total. The van der Waals surface area contributed by atoms with E-state index in [1.807, 2.05) is 0 Å². The van der Waals surface area contributed by atoms with Gasteiger partial charge in [0.05, 0.1) is 19.3 Å². The van der Waals surface area contributed by atoms with E-state index in [-0.39, 0.29) is 0 Å². The summed E-state index contributed by atoms with van der Waals surface area (Å²) in [6.45, 7) is 5.31. The van der Waals surface area contributed by atoms with E-state index in [1.54, 1.807) is 0 Å². The zero-order chi connectivity index (χ0) is 10.7. The maximum absolute atomic E-state index is 9.23. The maximum atomic E-state index is 9.23. The van der Waals surface area contributed by atoms with E-state index in [0.29, 0.717) is 18.8 Å². The van der Waals surface area contributed by atoms with E-state index < -0.39 is 0 Å². The Morgan fingerprint density at radius 2 is 2.27 bits per heavy atom. The molecule has 0 aliphatic carbocycles. The lowest BCUT2D eigenvalue weighted by atomic mass is 10.2. The van der Waals surface area contributed by atoms with E-state index in [2.05, 4.69) is 16.8 Å². The Labute approximate surface area is 91.8 Å². The summed E-state index contributed by atoms with van der Waals surface area (Å²) in [5.41, 5.74) is 0. The van der Waals surface area contributed by atoms with E-state index in [9.17, 15) is 5.11 Å². The van der Waals surface area contributed by atoms with Crippen LogP contribution >= 0.6 is 0 Å². The quantitative estimate of drug-likeness (QED) is 0.704. The minimum absolute atomic E-state index is 0.294. The van der Waals surface area contributed by atoms with Crippen molar-refractivity contribution in [3.63, 3.8) is 0 Å². The minimum atomic E-state index is 0.294. The molecular weight excluding hydrogens is 192 g/mol. The molecule has 1 unspecified atom stereocenters. The number of likely N-dealkylation sites (N-methyl/N-ethyl adjacent to an activating group) is 1. The highest BCUT2D eigenvalue weighted by Crippen LogP contribution is 2.18. The summed E-state index contributed by atoms with van der Waals surface area (Å²) >= 11 is 0. The number of likely N-dealkylation sites (tertiary alicyclic amines) is 1. The standard InChI is InChI=1S/C11H22N2O2/c1-12-5-6-15-11(7-12)8-13-4-2-3-10(13)9-14/h10-11,14H,2-9H2,1H3/t10-,11?/m0/s1. The molecule has 0 bridgehead atoms. The van der Waals surface area contributed by atoms with Crippen molar-refractivity contribution in [1.29, 1.82) is 0 Å². The third kappa shape index (κ3) is 2.91. The zero-order valence-electron chi connectivity index (χ0n) is 9.56. The van der Waals surface area contributed by atoms with Crippen molar-refractivity contribution in [1.82, 2.24) is 9.80 Å². The molecule has 4 heteroatoms. The number of hydrogen-bond donors (Lipinski definition) is 1. The van der Waals surface area contributed by atoms with Gasteiger partial charge in [0.1, 0.15) is 0 Å². The average Bonchev–Trinajstić information content (AvgIpc) is 2.65. The zero-order valence-corrected chi connectivity index (χ0v) is 9.56. The molecule has 1 N–H and O–H groups in total. The fourth-order valence-corrected chi connectivity index (χ4v) is 2.58. The molecule has 0 radical (unpaired) electrons. The van der Waals surface area contributed by atoms with Gasteiger partial charge in [0.2, 0.25) is 0 Å². The summed E-state index contributed by atoms with van der Waals surface area (Å²) < 4.78 is 5.74. The summed E-state index contributed by atoms with van der Waals surface area (Å²) in [4.78, 5) is 4.70. The molecule has 2 saturated heterocycles. The molecule has 0 aromatic heterocycles. The lowest BCUT2D eigenvalue weighted by Crippen LogP contribution is -2.47. The van der Waals surface area contributed by atoms with Crippen LogP contribution in [-0.4, -0.2) is 73.5 Å². The fraction of sp³-hybridized carbons (Fsp3) is 1.00. The van der Waals surface area contributed by atoms with Gasteiger partial charge < -0.3 is 14.7 Å². The number of aliphatic hydroxyl groups excluding tert-OH is 1. The van der Waals surface area contributed by atoms with Crippen LogP contribution in [0, 0.1) is 0 Å². The summed E-state index contributed by atoms with van der Waals surface area (Å²) in [7, 11) is 2.14. The first-order valence-electron chi connectivity index (χ1n) is 5.94. The summed E-state index contributed by atoms with van der Waals surface area (Å²) in [6, 6.07) is 0.376. The van der Waals surface area contributed by atoms with Crippen LogP contribution in [0.3, 0.4) is 0 Å². The summed E-state index contributed by atoms with van der Waals surface area (Å²) in [5, 5.41) is 9.23. The van der Waals surface area contributed by atoms with E-state index in [1.165, 1.54) is 6.42 Å². The van der Waals surface area contributed by atoms with Crippen LogP contribution in [-0.2, 0) is 4.74 Å². The molecule has 0 amide bonds. The monoisotopic (exact) mass is 214 g/mol. The number of morpholine rings is 1. The van der Waals surface area contributed by atoms with Crippen molar-refractivity contribution in [3.05, 3.63) is 0 Å². The van der Waals surface area contributed by atoms with Gasteiger partial charge in [0.25, 0.3) is 0 Å². The minimum Gasteiger partial charge on any atom is -0.395 e. The number of hydrogen-bond acceptors (Lipinski definition) is 4. The van der Waals surface area contributed by atoms with Gasteiger partial charge in [-0.1, -0.05) is 0 Å². The van der Waals surface area contributed by atoms with Crippen molar-refractivity contribution in [2.24, 2.45) is 0 Å². The van der Waals surface area contributed by atoms with Gasteiger partial charge in [-0.2, -0.15) is 0 Å². The smallest absolute Gasteiger partial charge is 0.0829 e. The molecule has 2 heterocycles.